The van der Waals surface area contributed by atoms with Gasteiger partial charge in [-0.15, -0.1) is 0 Å². The molecular formula is C10H9FN2. The molecule has 0 atom stereocenters. The number of nitrogens with zero attached hydrogens (tertiary/aromatic N) is 2. The molecule has 0 aliphatic carbocycles. The smallest absolute Gasteiger partial charge is 0.125 e. The molecule has 1 heterocycles. The predicted molar refractivity (Wildman–Crippen MR) is 48.3 cm³/mol. The van der Waals surface area contributed by atoms with Crippen molar-refractivity contribution in [2.45, 2.75) is 6.92 Å². The Morgan fingerprint density at radius 2 is 2.23 bits per heavy atom. The van der Waals surface area contributed by atoms with Gasteiger partial charge >= 0.3 is 0 Å². The van der Waals surface area contributed by atoms with E-state index in [4.69, 9.17) is 0 Å². The molecule has 0 aliphatic heterocycles. The van der Waals surface area contributed by atoms with E-state index in [1.807, 2.05) is 19.2 Å². The highest BCUT2D eigenvalue weighted by Gasteiger charge is 1.98. The van der Waals surface area contributed by atoms with Crippen molar-refractivity contribution >= 4 is 0 Å². The minimum atomic E-state index is -0.245. The van der Waals surface area contributed by atoms with Crippen LogP contribution in [-0.2, 0) is 0 Å². The number of hydrogen-bond donors (Lipinski definition) is 0. The molecule has 0 saturated carbocycles. The molecule has 0 aliphatic rings. The van der Waals surface area contributed by atoms with Crippen LogP contribution in [0.25, 0.3) is 5.69 Å². The number of aryl methyl sites for hydroxylation is 1. The summed E-state index contributed by atoms with van der Waals surface area (Å²) in [7, 11) is 0. The van der Waals surface area contributed by atoms with Crippen LogP contribution in [0.4, 0.5) is 4.39 Å². The zero-order valence-electron chi connectivity index (χ0n) is 7.24. The lowest BCUT2D eigenvalue weighted by Gasteiger charge is -1.99. The summed E-state index contributed by atoms with van der Waals surface area (Å²) >= 11 is 0. The van der Waals surface area contributed by atoms with Crippen LogP contribution in [0.2, 0.25) is 0 Å². The summed E-state index contributed by atoms with van der Waals surface area (Å²) in [5, 5.41) is 4.08. The third kappa shape index (κ3) is 1.59. The van der Waals surface area contributed by atoms with E-state index in [0.717, 1.165) is 11.3 Å². The van der Waals surface area contributed by atoms with Crippen LogP contribution in [0.1, 0.15) is 5.56 Å². The van der Waals surface area contributed by atoms with E-state index >= 15 is 0 Å². The highest BCUT2D eigenvalue weighted by molar-refractivity contribution is 5.31. The standard InChI is InChI=1S/C10H9FN2/c1-8-6-12-13(7-8)10-4-2-3-9(11)5-10/h2-7H,1H3. The van der Waals surface area contributed by atoms with E-state index < -0.39 is 0 Å². The van der Waals surface area contributed by atoms with Crippen molar-refractivity contribution in [2.75, 3.05) is 0 Å². The average molecular weight is 176 g/mol. The van der Waals surface area contributed by atoms with Gasteiger partial charge in [-0.25, -0.2) is 9.07 Å². The number of hydrogen-bond acceptors (Lipinski definition) is 1. The maximum absolute atomic E-state index is 12.8. The summed E-state index contributed by atoms with van der Waals surface area (Å²) in [4.78, 5) is 0. The minimum Gasteiger partial charge on any atom is -0.241 e. The molecule has 2 aromatic rings. The topological polar surface area (TPSA) is 17.8 Å². The lowest BCUT2D eigenvalue weighted by Crippen LogP contribution is -1.93. The van der Waals surface area contributed by atoms with Crippen LogP contribution in [0.15, 0.2) is 36.7 Å². The first-order valence-corrected chi connectivity index (χ1v) is 4.03. The van der Waals surface area contributed by atoms with Crippen molar-refractivity contribution in [2.24, 2.45) is 0 Å². The molecule has 0 saturated heterocycles. The van der Waals surface area contributed by atoms with Crippen molar-refractivity contribution in [3.05, 3.63) is 48.0 Å². The second-order valence-electron chi connectivity index (χ2n) is 2.94. The van der Waals surface area contributed by atoms with Gasteiger partial charge in [0.25, 0.3) is 0 Å². The SMILES string of the molecule is Cc1cnn(-c2cccc(F)c2)c1. The second kappa shape index (κ2) is 3.01. The van der Waals surface area contributed by atoms with Gasteiger partial charge in [0.1, 0.15) is 5.82 Å². The number of aromatic nitrogens is 2. The van der Waals surface area contributed by atoms with Gasteiger partial charge in [0, 0.05) is 6.20 Å². The molecule has 0 N–H and O–H groups in total. The molecule has 2 nitrogen and oxygen atoms in total. The van der Waals surface area contributed by atoms with Gasteiger partial charge in [0.2, 0.25) is 0 Å². The van der Waals surface area contributed by atoms with Crippen LogP contribution in [0, 0.1) is 12.7 Å². The van der Waals surface area contributed by atoms with Gasteiger partial charge < -0.3 is 0 Å². The second-order valence-corrected chi connectivity index (χ2v) is 2.94. The quantitative estimate of drug-likeness (QED) is 0.652. The molecule has 0 spiro atoms. The summed E-state index contributed by atoms with van der Waals surface area (Å²) < 4.78 is 14.5. The Morgan fingerprint density at radius 1 is 1.38 bits per heavy atom. The average Bonchev–Trinajstić information content (AvgIpc) is 2.52. The van der Waals surface area contributed by atoms with Gasteiger partial charge in [0.05, 0.1) is 11.9 Å². The summed E-state index contributed by atoms with van der Waals surface area (Å²) in [6.45, 7) is 1.95. The molecule has 0 radical (unpaired) electrons. The molecular weight excluding hydrogens is 167 g/mol. The fraction of sp³-hybridized carbons (Fsp3) is 0.100. The van der Waals surface area contributed by atoms with Gasteiger partial charge in [-0.2, -0.15) is 5.10 Å². The van der Waals surface area contributed by atoms with Crippen molar-refractivity contribution in [1.29, 1.82) is 0 Å². The Balaban J connectivity index is 2.46. The van der Waals surface area contributed by atoms with Crippen LogP contribution in [-0.4, -0.2) is 9.78 Å². The first-order valence-electron chi connectivity index (χ1n) is 4.03. The van der Waals surface area contributed by atoms with E-state index in [9.17, 15) is 4.39 Å². The molecule has 66 valence electrons. The van der Waals surface area contributed by atoms with Gasteiger partial charge in [-0.05, 0) is 30.7 Å². The maximum atomic E-state index is 12.8. The Morgan fingerprint density at radius 3 is 2.85 bits per heavy atom. The highest BCUT2D eigenvalue weighted by atomic mass is 19.1. The lowest BCUT2D eigenvalue weighted by molar-refractivity contribution is 0.625. The monoisotopic (exact) mass is 176 g/mol. The first kappa shape index (κ1) is 7.98. The van der Waals surface area contributed by atoms with Crippen molar-refractivity contribution in [3.8, 4) is 5.69 Å². The zero-order valence-corrected chi connectivity index (χ0v) is 7.24. The van der Waals surface area contributed by atoms with Crippen molar-refractivity contribution < 1.29 is 4.39 Å². The summed E-state index contributed by atoms with van der Waals surface area (Å²) in [5.74, 6) is -0.245. The van der Waals surface area contributed by atoms with Crippen molar-refractivity contribution in [3.63, 3.8) is 0 Å². The zero-order chi connectivity index (χ0) is 9.26. The summed E-state index contributed by atoms with van der Waals surface area (Å²) in [5.41, 5.74) is 1.80. The Bertz CT molecular complexity index is 420. The Labute approximate surface area is 75.6 Å². The van der Waals surface area contributed by atoms with E-state index in [1.54, 1.807) is 16.9 Å². The molecule has 0 fully saturated rings. The van der Waals surface area contributed by atoms with Crippen LogP contribution in [0.5, 0.6) is 0 Å². The van der Waals surface area contributed by atoms with Crippen LogP contribution >= 0.6 is 0 Å². The van der Waals surface area contributed by atoms with E-state index in [2.05, 4.69) is 5.10 Å². The van der Waals surface area contributed by atoms with Crippen molar-refractivity contribution in [1.82, 2.24) is 9.78 Å². The number of halogens is 1. The van der Waals surface area contributed by atoms with Crippen LogP contribution in [0.3, 0.4) is 0 Å². The molecule has 0 unspecified atom stereocenters. The fourth-order valence-electron chi connectivity index (χ4n) is 1.17. The maximum Gasteiger partial charge on any atom is 0.125 e. The third-order valence-corrected chi connectivity index (χ3v) is 1.78. The molecule has 2 rings (SSSR count). The molecule has 13 heavy (non-hydrogen) atoms. The first-order chi connectivity index (χ1) is 6.25. The summed E-state index contributed by atoms with van der Waals surface area (Å²) in [6, 6.07) is 6.35. The van der Waals surface area contributed by atoms with Gasteiger partial charge in [-0.3, -0.25) is 0 Å². The van der Waals surface area contributed by atoms with E-state index in [0.29, 0.717) is 0 Å². The molecule has 1 aromatic heterocycles. The molecule has 0 amide bonds. The normalized spacial score (nSPS) is 10.3. The lowest BCUT2D eigenvalue weighted by atomic mass is 10.3. The van der Waals surface area contributed by atoms with Crippen LogP contribution < -0.4 is 0 Å². The Hall–Kier alpha value is -1.64. The van der Waals surface area contributed by atoms with E-state index in [1.165, 1.54) is 12.1 Å². The fourth-order valence-corrected chi connectivity index (χ4v) is 1.17. The largest absolute Gasteiger partial charge is 0.241 e. The predicted octanol–water partition coefficient (Wildman–Crippen LogP) is 2.32. The molecule has 3 heteroatoms. The molecule has 0 bridgehead atoms. The third-order valence-electron chi connectivity index (χ3n) is 1.78. The van der Waals surface area contributed by atoms with Gasteiger partial charge in [-0.1, -0.05) is 6.07 Å². The minimum absolute atomic E-state index is 0.245. The van der Waals surface area contributed by atoms with E-state index in [-0.39, 0.29) is 5.82 Å². The van der Waals surface area contributed by atoms with Gasteiger partial charge in [0.15, 0.2) is 0 Å². The number of rotatable bonds is 1. The highest BCUT2D eigenvalue weighted by Crippen LogP contribution is 2.09. The summed E-state index contributed by atoms with van der Waals surface area (Å²) in [6.07, 6.45) is 3.60. The number of benzene rings is 1. The Kier molecular flexibility index (Phi) is 1.85. The molecule has 1 aromatic carbocycles.